The van der Waals surface area contributed by atoms with Gasteiger partial charge in [0.25, 0.3) is 0 Å². The van der Waals surface area contributed by atoms with E-state index in [1.165, 1.54) is 5.56 Å². The molecule has 2 aromatic carbocycles. The molecule has 0 aliphatic carbocycles. The summed E-state index contributed by atoms with van der Waals surface area (Å²) < 4.78 is 11.5. The molecule has 0 atom stereocenters. The summed E-state index contributed by atoms with van der Waals surface area (Å²) in [6.07, 6.45) is 0. The van der Waals surface area contributed by atoms with Crippen molar-refractivity contribution in [1.29, 1.82) is 0 Å². The summed E-state index contributed by atoms with van der Waals surface area (Å²) in [5.41, 5.74) is 2.17. The van der Waals surface area contributed by atoms with Crippen LogP contribution in [0.4, 0.5) is 0 Å². The lowest BCUT2D eigenvalue weighted by molar-refractivity contribution is -0.136. The minimum absolute atomic E-state index is 0.0528. The highest BCUT2D eigenvalue weighted by molar-refractivity contribution is 9.10. The summed E-state index contributed by atoms with van der Waals surface area (Å²) in [7, 11) is 0. The SMILES string of the molecule is Cc1cc(C(C)(C)C)ccc1OC(=O)COc1ccc(Cl)cc1Br. The smallest absolute Gasteiger partial charge is 0.349 e. The third kappa shape index (κ3) is 4.99. The lowest BCUT2D eigenvalue weighted by atomic mass is 9.86. The number of esters is 1. The summed E-state index contributed by atoms with van der Waals surface area (Å²) >= 11 is 9.21. The maximum atomic E-state index is 12.0. The molecule has 24 heavy (non-hydrogen) atoms. The van der Waals surface area contributed by atoms with Gasteiger partial charge in [-0.25, -0.2) is 4.79 Å². The Morgan fingerprint density at radius 2 is 1.79 bits per heavy atom. The zero-order valence-electron chi connectivity index (χ0n) is 14.2. The highest BCUT2D eigenvalue weighted by Crippen LogP contribution is 2.29. The van der Waals surface area contributed by atoms with Crippen molar-refractivity contribution in [2.45, 2.75) is 33.1 Å². The number of hydrogen-bond acceptors (Lipinski definition) is 3. The fourth-order valence-electron chi connectivity index (χ4n) is 2.11. The molecular weight excluding hydrogens is 392 g/mol. The Balaban J connectivity index is 2.00. The van der Waals surface area contributed by atoms with E-state index >= 15 is 0 Å². The summed E-state index contributed by atoms with van der Waals surface area (Å²) in [6.45, 7) is 8.18. The van der Waals surface area contributed by atoms with E-state index in [0.717, 1.165) is 5.56 Å². The number of halogens is 2. The molecule has 0 saturated carbocycles. The number of rotatable bonds is 4. The van der Waals surface area contributed by atoms with E-state index < -0.39 is 5.97 Å². The molecule has 0 bridgehead atoms. The molecule has 2 rings (SSSR count). The van der Waals surface area contributed by atoms with Gasteiger partial charge in [-0.15, -0.1) is 0 Å². The predicted molar refractivity (Wildman–Crippen MR) is 100 cm³/mol. The summed E-state index contributed by atoms with van der Waals surface area (Å²) in [5.74, 6) is 0.631. The van der Waals surface area contributed by atoms with Crippen LogP contribution >= 0.6 is 27.5 Å². The lowest BCUT2D eigenvalue weighted by Crippen LogP contribution is -2.18. The van der Waals surface area contributed by atoms with E-state index in [-0.39, 0.29) is 12.0 Å². The molecule has 0 fully saturated rings. The number of carbonyl (C=O) groups is 1. The van der Waals surface area contributed by atoms with Gasteiger partial charge in [-0.2, -0.15) is 0 Å². The van der Waals surface area contributed by atoms with Crippen molar-refractivity contribution in [3.8, 4) is 11.5 Å². The quantitative estimate of drug-likeness (QED) is 0.479. The molecule has 0 aliphatic heterocycles. The molecular formula is C19H20BrClO3. The van der Waals surface area contributed by atoms with Crippen molar-refractivity contribution < 1.29 is 14.3 Å². The third-order valence-corrected chi connectivity index (χ3v) is 4.36. The normalized spacial score (nSPS) is 11.2. The van der Waals surface area contributed by atoms with Crippen molar-refractivity contribution in [2.24, 2.45) is 0 Å². The first-order valence-corrected chi connectivity index (χ1v) is 8.73. The zero-order valence-corrected chi connectivity index (χ0v) is 16.5. The van der Waals surface area contributed by atoms with Crippen LogP contribution in [0.25, 0.3) is 0 Å². The predicted octanol–water partition coefficient (Wildman–Crippen LogP) is 5.69. The topological polar surface area (TPSA) is 35.5 Å². The second-order valence-corrected chi connectivity index (χ2v) is 7.86. The maximum absolute atomic E-state index is 12.0. The van der Waals surface area contributed by atoms with Crippen molar-refractivity contribution >= 4 is 33.5 Å². The Hall–Kier alpha value is -1.52. The highest BCUT2D eigenvalue weighted by Gasteiger charge is 2.16. The Morgan fingerprint density at radius 3 is 2.38 bits per heavy atom. The average Bonchev–Trinajstić information content (AvgIpc) is 2.47. The van der Waals surface area contributed by atoms with E-state index in [0.29, 0.717) is 21.0 Å². The first-order valence-electron chi connectivity index (χ1n) is 7.56. The molecule has 2 aromatic rings. The van der Waals surface area contributed by atoms with Gasteiger partial charge in [0.05, 0.1) is 4.47 Å². The number of ether oxygens (including phenoxy) is 2. The molecule has 0 saturated heterocycles. The minimum atomic E-state index is -0.455. The van der Waals surface area contributed by atoms with Crippen LogP contribution in [0.15, 0.2) is 40.9 Å². The van der Waals surface area contributed by atoms with Gasteiger partial charge in [0.2, 0.25) is 0 Å². The fraction of sp³-hybridized carbons (Fsp3) is 0.316. The van der Waals surface area contributed by atoms with Gasteiger partial charge in [-0.3, -0.25) is 0 Å². The summed E-state index contributed by atoms with van der Waals surface area (Å²) in [5, 5.41) is 0.589. The van der Waals surface area contributed by atoms with E-state index in [9.17, 15) is 4.79 Å². The maximum Gasteiger partial charge on any atom is 0.349 e. The molecule has 0 N–H and O–H groups in total. The number of benzene rings is 2. The standard InChI is InChI=1S/C19H20BrClO3/c1-12-9-13(19(2,3)4)5-7-16(12)24-18(22)11-23-17-8-6-14(21)10-15(17)20/h5-10H,11H2,1-4H3. The largest absolute Gasteiger partial charge is 0.481 e. The van der Waals surface area contributed by atoms with Crippen molar-refractivity contribution in [3.05, 3.63) is 57.0 Å². The minimum Gasteiger partial charge on any atom is -0.481 e. The van der Waals surface area contributed by atoms with Crippen LogP contribution in [0.2, 0.25) is 5.02 Å². The van der Waals surface area contributed by atoms with Crippen molar-refractivity contribution in [1.82, 2.24) is 0 Å². The van der Waals surface area contributed by atoms with Crippen LogP contribution in [-0.4, -0.2) is 12.6 Å². The second-order valence-electron chi connectivity index (χ2n) is 6.57. The van der Waals surface area contributed by atoms with Crippen LogP contribution in [0.1, 0.15) is 31.9 Å². The first-order chi connectivity index (χ1) is 11.2. The van der Waals surface area contributed by atoms with Crippen LogP contribution in [0.3, 0.4) is 0 Å². The summed E-state index contributed by atoms with van der Waals surface area (Å²) in [4.78, 5) is 12.0. The summed E-state index contributed by atoms with van der Waals surface area (Å²) in [6, 6.07) is 10.9. The van der Waals surface area contributed by atoms with Crippen molar-refractivity contribution in [2.75, 3.05) is 6.61 Å². The lowest BCUT2D eigenvalue weighted by Gasteiger charge is -2.20. The van der Waals surface area contributed by atoms with E-state index in [1.807, 2.05) is 25.1 Å². The fourth-order valence-corrected chi connectivity index (χ4v) is 2.91. The number of hydrogen-bond donors (Lipinski definition) is 0. The van der Waals surface area contributed by atoms with Gasteiger partial charge in [0, 0.05) is 5.02 Å². The molecule has 0 aromatic heterocycles. The molecule has 0 spiro atoms. The van der Waals surface area contributed by atoms with E-state index in [4.69, 9.17) is 21.1 Å². The number of carbonyl (C=O) groups excluding carboxylic acids is 1. The number of aryl methyl sites for hydroxylation is 1. The van der Waals surface area contributed by atoms with E-state index in [1.54, 1.807) is 18.2 Å². The molecule has 0 amide bonds. The Bertz CT molecular complexity index is 751. The molecule has 0 heterocycles. The van der Waals surface area contributed by atoms with Crippen LogP contribution in [-0.2, 0) is 10.2 Å². The second kappa shape index (κ2) is 7.58. The van der Waals surface area contributed by atoms with Gasteiger partial charge >= 0.3 is 5.97 Å². The van der Waals surface area contributed by atoms with Crippen LogP contribution in [0.5, 0.6) is 11.5 Å². The average molecular weight is 412 g/mol. The van der Waals surface area contributed by atoms with Gasteiger partial charge in [0.15, 0.2) is 6.61 Å². The first kappa shape index (κ1) is 18.8. The molecule has 0 unspecified atom stereocenters. The van der Waals surface area contributed by atoms with Gasteiger partial charge in [-0.05, 0) is 63.7 Å². The van der Waals surface area contributed by atoms with Crippen molar-refractivity contribution in [3.63, 3.8) is 0 Å². The molecule has 0 aliphatic rings. The van der Waals surface area contributed by atoms with Crippen LogP contribution < -0.4 is 9.47 Å². The molecule has 128 valence electrons. The van der Waals surface area contributed by atoms with Gasteiger partial charge < -0.3 is 9.47 Å². The van der Waals surface area contributed by atoms with Crippen LogP contribution in [0, 0.1) is 6.92 Å². The van der Waals surface area contributed by atoms with E-state index in [2.05, 4.69) is 36.7 Å². The highest BCUT2D eigenvalue weighted by atomic mass is 79.9. The molecule has 3 nitrogen and oxygen atoms in total. The van der Waals surface area contributed by atoms with Gasteiger partial charge in [-0.1, -0.05) is 44.5 Å². The zero-order chi connectivity index (χ0) is 17.9. The molecule has 5 heteroatoms. The third-order valence-electron chi connectivity index (χ3n) is 3.50. The Morgan fingerprint density at radius 1 is 1.12 bits per heavy atom. The Kier molecular flexibility index (Phi) is 5.94. The Labute approximate surface area is 156 Å². The monoisotopic (exact) mass is 410 g/mol. The molecule has 0 radical (unpaired) electrons. The van der Waals surface area contributed by atoms with Gasteiger partial charge in [0.1, 0.15) is 11.5 Å².